The first-order valence-corrected chi connectivity index (χ1v) is 8.51. The number of hydrogen-bond acceptors (Lipinski definition) is 2. The number of aryl methyl sites for hydroxylation is 2. The van der Waals surface area contributed by atoms with Crippen molar-refractivity contribution in [3.63, 3.8) is 0 Å². The smallest absolute Gasteiger partial charge is 0.0426 e. The van der Waals surface area contributed by atoms with Gasteiger partial charge in [0.15, 0.2) is 0 Å². The Bertz CT molecular complexity index is 492. The van der Waals surface area contributed by atoms with Crippen molar-refractivity contribution in [1.82, 2.24) is 5.32 Å². The van der Waals surface area contributed by atoms with Crippen molar-refractivity contribution in [2.75, 3.05) is 18.0 Å². The maximum Gasteiger partial charge on any atom is 0.0426 e. The predicted octanol–water partition coefficient (Wildman–Crippen LogP) is 4.19. The normalized spacial score (nSPS) is 24.3. The highest BCUT2D eigenvalue weighted by atomic mass is 15.3. The summed E-state index contributed by atoms with van der Waals surface area (Å²) in [6.45, 7) is 11.5. The van der Waals surface area contributed by atoms with E-state index in [1.165, 1.54) is 55.5 Å². The molecule has 116 valence electrons. The second-order valence-corrected chi connectivity index (χ2v) is 7.95. The summed E-state index contributed by atoms with van der Waals surface area (Å²) in [7, 11) is 0. The summed E-state index contributed by atoms with van der Waals surface area (Å²) in [6, 6.07) is 6.69. The quantitative estimate of drug-likeness (QED) is 0.832. The van der Waals surface area contributed by atoms with Crippen molar-refractivity contribution >= 4 is 5.69 Å². The molecule has 0 aromatic heterocycles. The number of piperazine rings is 1. The fourth-order valence-electron chi connectivity index (χ4n) is 4.67. The zero-order valence-electron chi connectivity index (χ0n) is 14.1. The molecule has 1 N–H and O–H groups in total. The molecular formula is C19H30N2. The van der Waals surface area contributed by atoms with E-state index in [-0.39, 0.29) is 5.54 Å². The third-order valence-electron chi connectivity index (χ3n) is 5.25. The molecule has 2 fully saturated rings. The number of hydrogen-bond donors (Lipinski definition) is 1. The lowest BCUT2D eigenvalue weighted by Gasteiger charge is -2.54. The Morgan fingerprint density at radius 3 is 2.19 bits per heavy atom. The van der Waals surface area contributed by atoms with Gasteiger partial charge in [0, 0.05) is 29.9 Å². The Morgan fingerprint density at radius 1 is 0.952 bits per heavy atom. The predicted molar refractivity (Wildman–Crippen MR) is 91.2 cm³/mol. The van der Waals surface area contributed by atoms with Gasteiger partial charge >= 0.3 is 0 Å². The topological polar surface area (TPSA) is 15.3 Å². The van der Waals surface area contributed by atoms with Gasteiger partial charge in [-0.1, -0.05) is 37.5 Å². The average molecular weight is 286 g/mol. The summed E-state index contributed by atoms with van der Waals surface area (Å²) in [5, 5.41) is 4.01. The standard InChI is InChI=1S/C19H30N2/c1-15-9-8-10-16(2)17(15)21-13-18(3,4)20-19(14-21)11-6-5-7-12-19/h8-10,20H,5-7,11-14H2,1-4H3. The lowest BCUT2D eigenvalue weighted by Crippen LogP contribution is -2.69. The van der Waals surface area contributed by atoms with Gasteiger partial charge in [0.1, 0.15) is 0 Å². The lowest BCUT2D eigenvalue weighted by atomic mass is 9.77. The van der Waals surface area contributed by atoms with Gasteiger partial charge in [0.05, 0.1) is 0 Å². The monoisotopic (exact) mass is 286 g/mol. The molecule has 2 nitrogen and oxygen atoms in total. The molecule has 1 aliphatic carbocycles. The Hall–Kier alpha value is -1.02. The van der Waals surface area contributed by atoms with E-state index in [0.717, 1.165) is 6.54 Å². The van der Waals surface area contributed by atoms with Crippen molar-refractivity contribution in [3.05, 3.63) is 29.3 Å². The first-order valence-electron chi connectivity index (χ1n) is 8.51. The molecule has 0 atom stereocenters. The number of para-hydroxylation sites is 1. The van der Waals surface area contributed by atoms with Crippen molar-refractivity contribution in [3.8, 4) is 0 Å². The molecule has 0 unspecified atom stereocenters. The molecule has 2 aliphatic rings. The van der Waals surface area contributed by atoms with Crippen LogP contribution < -0.4 is 10.2 Å². The van der Waals surface area contributed by atoms with Crippen molar-refractivity contribution in [1.29, 1.82) is 0 Å². The van der Waals surface area contributed by atoms with Crippen LogP contribution in [-0.4, -0.2) is 24.2 Å². The molecule has 1 aromatic carbocycles. The minimum absolute atomic E-state index is 0.185. The number of nitrogens with zero attached hydrogens (tertiary/aromatic N) is 1. The minimum Gasteiger partial charge on any atom is -0.367 e. The SMILES string of the molecule is Cc1cccc(C)c1N1CC(C)(C)NC2(CCCCC2)C1. The van der Waals surface area contributed by atoms with Crippen LogP contribution >= 0.6 is 0 Å². The Labute approximate surface area is 129 Å². The Kier molecular flexibility index (Phi) is 3.77. The third-order valence-corrected chi connectivity index (χ3v) is 5.25. The number of benzene rings is 1. The van der Waals surface area contributed by atoms with E-state index in [0.29, 0.717) is 5.54 Å². The number of rotatable bonds is 1. The maximum absolute atomic E-state index is 4.01. The van der Waals surface area contributed by atoms with Crippen molar-refractivity contribution < 1.29 is 0 Å². The van der Waals surface area contributed by atoms with Gasteiger partial charge < -0.3 is 10.2 Å². The maximum atomic E-state index is 4.01. The fraction of sp³-hybridized carbons (Fsp3) is 0.684. The zero-order valence-corrected chi connectivity index (χ0v) is 14.1. The first kappa shape index (κ1) is 14.9. The van der Waals surface area contributed by atoms with Crippen LogP contribution in [0.3, 0.4) is 0 Å². The highest BCUT2D eigenvalue weighted by molar-refractivity contribution is 5.60. The van der Waals surface area contributed by atoms with Crippen LogP contribution in [0.1, 0.15) is 57.1 Å². The second-order valence-electron chi connectivity index (χ2n) is 7.95. The van der Waals surface area contributed by atoms with Gasteiger partial charge in [0.25, 0.3) is 0 Å². The molecule has 3 rings (SSSR count). The van der Waals surface area contributed by atoms with E-state index in [9.17, 15) is 0 Å². The molecule has 1 aliphatic heterocycles. The van der Waals surface area contributed by atoms with Gasteiger partial charge in [-0.2, -0.15) is 0 Å². The van der Waals surface area contributed by atoms with Crippen LogP contribution in [0.4, 0.5) is 5.69 Å². The molecule has 1 aromatic rings. The summed E-state index contributed by atoms with van der Waals surface area (Å²) in [5.41, 5.74) is 4.81. The van der Waals surface area contributed by atoms with Crippen LogP contribution in [0.15, 0.2) is 18.2 Å². The van der Waals surface area contributed by atoms with Gasteiger partial charge in [-0.25, -0.2) is 0 Å². The van der Waals surface area contributed by atoms with Gasteiger partial charge in [-0.3, -0.25) is 0 Å². The summed E-state index contributed by atoms with van der Waals surface area (Å²) < 4.78 is 0. The second kappa shape index (κ2) is 5.31. The van der Waals surface area contributed by atoms with E-state index in [4.69, 9.17) is 0 Å². The number of nitrogens with one attached hydrogen (secondary N) is 1. The Balaban J connectivity index is 1.95. The van der Waals surface area contributed by atoms with Crippen molar-refractivity contribution in [2.45, 2.75) is 70.9 Å². The minimum atomic E-state index is 0.185. The van der Waals surface area contributed by atoms with E-state index >= 15 is 0 Å². The zero-order chi connectivity index (χ0) is 15.1. The van der Waals surface area contributed by atoms with Gasteiger partial charge in [-0.15, -0.1) is 0 Å². The van der Waals surface area contributed by atoms with Crippen molar-refractivity contribution in [2.24, 2.45) is 0 Å². The van der Waals surface area contributed by atoms with E-state index in [2.05, 4.69) is 56.1 Å². The van der Waals surface area contributed by atoms with Crippen LogP contribution in [-0.2, 0) is 0 Å². The van der Waals surface area contributed by atoms with Crippen LogP contribution in [0, 0.1) is 13.8 Å². The molecule has 0 amide bonds. The van der Waals surface area contributed by atoms with E-state index < -0.39 is 0 Å². The molecule has 0 radical (unpaired) electrons. The molecule has 0 bridgehead atoms. The van der Waals surface area contributed by atoms with Gasteiger partial charge in [0.2, 0.25) is 0 Å². The van der Waals surface area contributed by atoms with Crippen LogP contribution in [0.25, 0.3) is 0 Å². The molecule has 2 heteroatoms. The lowest BCUT2D eigenvalue weighted by molar-refractivity contribution is 0.146. The highest BCUT2D eigenvalue weighted by Crippen LogP contribution is 2.37. The van der Waals surface area contributed by atoms with E-state index in [1.54, 1.807) is 0 Å². The fourth-order valence-corrected chi connectivity index (χ4v) is 4.67. The summed E-state index contributed by atoms with van der Waals surface area (Å²) in [5.74, 6) is 0. The number of anilines is 1. The summed E-state index contributed by atoms with van der Waals surface area (Å²) in [6.07, 6.45) is 6.83. The van der Waals surface area contributed by atoms with Crippen LogP contribution in [0.2, 0.25) is 0 Å². The molecule has 1 heterocycles. The molecule has 21 heavy (non-hydrogen) atoms. The molecule has 1 saturated heterocycles. The Morgan fingerprint density at radius 2 is 1.57 bits per heavy atom. The summed E-state index contributed by atoms with van der Waals surface area (Å²) >= 11 is 0. The van der Waals surface area contributed by atoms with E-state index in [1.807, 2.05) is 0 Å². The molecule has 1 saturated carbocycles. The van der Waals surface area contributed by atoms with Gasteiger partial charge in [-0.05, 0) is 51.7 Å². The third kappa shape index (κ3) is 2.96. The highest BCUT2D eigenvalue weighted by Gasteiger charge is 2.43. The first-order chi connectivity index (χ1) is 9.91. The average Bonchev–Trinajstić information content (AvgIpc) is 2.37. The largest absolute Gasteiger partial charge is 0.367 e. The van der Waals surface area contributed by atoms with Crippen LogP contribution in [0.5, 0.6) is 0 Å². The summed E-state index contributed by atoms with van der Waals surface area (Å²) in [4.78, 5) is 2.66. The molecular weight excluding hydrogens is 256 g/mol. The molecule has 1 spiro atoms.